The Morgan fingerprint density at radius 3 is 2.26 bits per heavy atom. The molecule has 5 heteroatoms. The fourth-order valence-electron chi connectivity index (χ4n) is 1.58. The largest absolute Gasteiger partial charge is 0.379 e. The Hall–Kier alpha value is -0.910. The molecular weight excluding hydrogens is 262 g/mol. The van der Waals surface area contributed by atoms with Crippen LogP contribution in [0.4, 0.5) is 0 Å². The molecule has 0 saturated heterocycles. The van der Waals surface area contributed by atoms with Crippen LogP contribution < -0.4 is 5.32 Å². The van der Waals surface area contributed by atoms with Crippen molar-refractivity contribution in [3.63, 3.8) is 0 Å². The molecule has 0 aliphatic rings. The van der Waals surface area contributed by atoms with Crippen LogP contribution in [0.3, 0.4) is 0 Å². The fraction of sp³-hybridized carbons (Fsp3) is 0.571. The quantitative estimate of drug-likeness (QED) is 0.779. The molecule has 1 aromatic rings. The fourth-order valence-corrected chi connectivity index (χ4v) is 2.21. The van der Waals surface area contributed by atoms with Gasteiger partial charge in [0.2, 0.25) is 0 Å². The zero-order valence-electron chi connectivity index (χ0n) is 12.1. The lowest BCUT2D eigenvalue weighted by molar-refractivity contribution is 0.0158. The second-order valence-electron chi connectivity index (χ2n) is 5.31. The Bertz CT molecular complexity index is 492. The molecule has 0 saturated carbocycles. The van der Waals surface area contributed by atoms with Gasteiger partial charge < -0.3 is 10.1 Å². The van der Waals surface area contributed by atoms with Crippen molar-refractivity contribution in [2.75, 3.05) is 19.9 Å². The lowest BCUT2D eigenvalue weighted by Gasteiger charge is -2.22. The van der Waals surface area contributed by atoms with E-state index in [0.717, 1.165) is 25.1 Å². The van der Waals surface area contributed by atoms with Gasteiger partial charge in [-0.05, 0) is 44.5 Å². The van der Waals surface area contributed by atoms with Crippen molar-refractivity contribution < 1.29 is 13.2 Å². The van der Waals surface area contributed by atoms with Crippen molar-refractivity contribution in [2.45, 2.75) is 37.3 Å². The SMILES string of the molecule is COC(C)(C)CCNCc1ccc(S(C)(=O)=O)cc1. The van der Waals surface area contributed by atoms with Gasteiger partial charge in [0.05, 0.1) is 10.5 Å². The summed E-state index contributed by atoms with van der Waals surface area (Å²) in [4.78, 5) is 0.358. The van der Waals surface area contributed by atoms with Crippen molar-refractivity contribution in [2.24, 2.45) is 0 Å². The van der Waals surface area contributed by atoms with Crippen molar-refractivity contribution >= 4 is 9.84 Å². The summed E-state index contributed by atoms with van der Waals surface area (Å²) in [5.41, 5.74) is 0.954. The molecule has 0 unspecified atom stereocenters. The highest BCUT2D eigenvalue weighted by Crippen LogP contribution is 2.12. The van der Waals surface area contributed by atoms with Gasteiger partial charge >= 0.3 is 0 Å². The van der Waals surface area contributed by atoms with E-state index in [1.807, 2.05) is 12.1 Å². The zero-order chi connectivity index (χ0) is 14.5. The number of hydrogen-bond acceptors (Lipinski definition) is 4. The lowest BCUT2D eigenvalue weighted by atomic mass is 10.1. The smallest absolute Gasteiger partial charge is 0.175 e. The molecule has 0 aromatic heterocycles. The summed E-state index contributed by atoms with van der Waals surface area (Å²) in [6.07, 6.45) is 2.14. The number of benzene rings is 1. The van der Waals surface area contributed by atoms with Crippen molar-refractivity contribution in [3.8, 4) is 0 Å². The van der Waals surface area contributed by atoms with Crippen LogP contribution in [0.5, 0.6) is 0 Å². The summed E-state index contributed by atoms with van der Waals surface area (Å²) in [5.74, 6) is 0. The van der Waals surface area contributed by atoms with E-state index in [0.29, 0.717) is 4.90 Å². The zero-order valence-corrected chi connectivity index (χ0v) is 12.9. The molecule has 0 atom stereocenters. The maximum Gasteiger partial charge on any atom is 0.175 e. The molecule has 19 heavy (non-hydrogen) atoms. The molecule has 1 N–H and O–H groups in total. The van der Waals surface area contributed by atoms with Crippen LogP contribution >= 0.6 is 0 Å². The normalized spacial score (nSPS) is 12.6. The molecule has 108 valence electrons. The second-order valence-corrected chi connectivity index (χ2v) is 7.32. The van der Waals surface area contributed by atoms with Gasteiger partial charge in [0.25, 0.3) is 0 Å². The topological polar surface area (TPSA) is 55.4 Å². The summed E-state index contributed by atoms with van der Waals surface area (Å²) in [6, 6.07) is 6.96. The highest BCUT2D eigenvalue weighted by atomic mass is 32.2. The first-order valence-electron chi connectivity index (χ1n) is 6.29. The number of hydrogen-bond donors (Lipinski definition) is 1. The minimum absolute atomic E-state index is 0.118. The van der Waals surface area contributed by atoms with Crippen LogP contribution in [0.1, 0.15) is 25.8 Å². The minimum Gasteiger partial charge on any atom is -0.379 e. The Balaban J connectivity index is 2.43. The van der Waals surface area contributed by atoms with E-state index in [9.17, 15) is 8.42 Å². The van der Waals surface area contributed by atoms with Crippen LogP contribution in [0.25, 0.3) is 0 Å². The number of methoxy groups -OCH3 is 1. The van der Waals surface area contributed by atoms with E-state index < -0.39 is 9.84 Å². The first-order chi connectivity index (χ1) is 8.74. The van der Waals surface area contributed by atoms with Crippen molar-refractivity contribution in [3.05, 3.63) is 29.8 Å². The number of nitrogens with one attached hydrogen (secondary N) is 1. The number of sulfone groups is 1. The number of rotatable bonds is 7. The summed E-state index contributed by atoms with van der Waals surface area (Å²) in [6.45, 7) is 5.68. The van der Waals surface area contributed by atoms with Gasteiger partial charge in [0.15, 0.2) is 9.84 Å². The molecule has 0 radical (unpaired) electrons. The predicted molar refractivity (Wildman–Crippen MR) is 77.0 cm³/mol. The summed E-state index contributed by atoms with van der Waals surface area (Å²) >= 11 is 0. The van der Waals surface area contributed by atoms with Gasteiger partial charge in [-0.2, -0.15) is 0 Å². The van der Waals surface area contributed by atoms with Gasteiger partial charge in [-0.25, -0.2) is 8.42 Å². The summed E-state index contributed by atoms with van der Waals surface area (Å²) in [7, 11) is -1.39. The first-order valence-corrected chi connectivity index (χ1v) is 8.19. The Labute approximate surface area is 116 Å². The monoisotopic (exact) mass is 285 g/mol. The van der Waals surface area contributed by atoms with Crippen LogP contribution in [0, 0.1) is 0 Å². The van der Waals surface area contributed by atoms with E-state index in [1.54, 1.807) is 19.2 Å². The average Bonchev–Trinajstić information content (AvgIpc) is 2.34. The molecule has 1 aromatic carbocycles. The molecule has 0 aliphatic carbocycles. The molecule has 0 amide bonds. The first kappa shape index (κ1) is 16.1. The van der Waals surface area contributed by atoms with Crippen molar-refractivity contribution in [1.29, 1.82) is 0 Å². The van der Waals surface area contributed by atoms with Crippen LogP contribution in [0.2, 0.25) is 0 Å². The third-order valence-corrected chi connectivity index (χ3v) is 4.27. The molecular formula is C14H23NO3S. The van der Waals surface area contributed by atoms with Gasteiger partial charge in [-0.3, -0.25) is 0 Å². The van der Waals surface area contributed by atoms with E-state index in [1.165, 1.54) is 6.26 Å². The molecule has 4 nitrogen and oxygen atoms in total. The van der Waals surface area contributed by atoms with Crippen LogP contribution in [0.15, 0.2) is 29.2 Å². The molecule has 0 aliphatic heterocycles. The van der Waals surface area contributed by atoms with Gasteiger partial charge in [-0.1, -0.05) is 12.1 Å². The van der Waals surface area contributed by atoms with Crippen LogP contribution in [-0.4, -0.2) is 33.9 Å². The van der Waals surface area contributed by atoms with E-state index in [4.69, 9.17) is 4.74 Å². The number of ether oxygens (including phenoxy) is 1. The van der Waals surface area contributed by atoms with Crippen LogP contribution in [-0.2, 0) is 21.1 Å². The molecule has 0 fully saturated rings. The molecule has 0 spiro atoms. The minimum atomic E-state index is -3.10. The Morgan fingerprint density at radius 2 is 1.79 bits per heavy atom. The predicted octanol–water partition coefficient (Wildman–Crippen LogP) is 1.99. The highest BCUT2D eigenvalue weighted by molar-refractivity contribution is 7.90. The standard InChI is InChI=1S/C14H23NO3S/c1-14(2,18-3)9-10-15-11-12-5-7-13(8-6-12)19(4,16)17/h5-8,15H,9-11H2,1-4H3. The molecule has 0 bridgehead atoms. The van der Waals surface area contributed by atoms with Gasteiger partial charge in [0, 0.05) is 19.9 Å². The maximum absolute atomic E-state index is 11.3. The highest BCUT2D eigenvalue weighted by Gasteiger charge is 2.14. The van der Waals surface area contributed by atoms with E-state index in [-0.39, 0.29) is 5.60 Å². The third kappa shape index (κ3) is 5.72. The molecule has 1 rings (SSSR count). The van der Waals surface area contributed by atoms with E-state index >= 15 is 0 Å². The molecule has 0 heterocycles. The maximum atomic E-state index is 11.3. The van der Waals surface area contributed by atoms with Gasteiger partial charge in [0.1, 0.15) is 0 Å². The summed E-state index contributed by atoms with van der Waals surface area (Å²) in [5, 5.41) is 3.32. The van der Waals surface area contributed by atoms with E-state index in [2.05, 4.69) is 19.2 Å². The third-order valence-electron chi connectivity index (χ3n) is 3.14. The average molecular weight is 285 g/mol. The van der Waals surface area contributed by atoms with Gasteiger partial charge in [-0.15, -0.1) is 0 Å². The Morgan fingerprint density at radius 1 is 1.21 bits per heavy atom. The second kappa shape index (κ2) is 6.50. The lowest BCUT2D eigenvalue weighted by Crippen LogP contribution is -2.28. The van der Waals surface area contributed by atoms with Crippen molar-refractivity contribution in [1.82, 2.24) is 5.32 Å². The Kier molecular flexibility index (Phi) is 5.52. The summed E-state index contributed by atoms with van der Waals surface area (Å²) < 4.78 is 28.0.